The number of benzene rings is 1. The fourth-order valence-electron chi connectivity index (χ4n) is 2.02. The van der Waals surface area contributed by atoms with E-state index < -0.39 is 0 Å². The van der Waals surface area contributed by atoms with Crippen LogP contribution in [0, 0.1) is 6.92 Å². The Morgan fingerprint density at radius 1 is 1.39 bits per heavy atom. The van der Waals surface area contributed by atoms with Gasteiger partial charge in [-0.15, -0.1) is 0 Å². The van der Waals surface area contributed by atoms with Gasteiger partial charge in [0.1, 0.15) is 11.5 Å². The van der Waals surface area contributed by atoms with Crippen molar-refractivity contribution >= 4 is 6.01 Å². The lowest BCUT2D eigenvalue weighted by Gasteiger charge is -2.08. The van der Waals surface area contributed by atoms with E-state index >= 15 is 0 Å². The molecule has 0 aliphatic carbocycles. The van der Waals surface area contributed by atoms with Crippen molar-refractivity contribution < 1.29 is 9.15 Å². The number of aryl methyl sites for hydroxylation is 2. The van der Waals surface area contributed by atoms with Crippen LogP contribution in [0.1, 0.15) is 29.5 Å². The van der Waals surface area contributed by atoms with E-state index in [1.54, 1.807) is 7.11 Å². The third-order valence-electron chi connectivity index (χ3n) is 3.00. The van der Waals surface area contributed by atoms with Gasteiger partial charge >= 0.3 is 0 Å². The minimum Gasteiger partial charge on any atom is -0.496 e. The summed E-state index contributed by atoms with van der Waals surface area (Å²) in [4.78, 5) is 4.07. The zero-order chi connectivity index (χ0) is 13.1. The van der Waals surface area contributed by atoms with E-state index in [-0.39, 0.29) is 6.01 Å². The van der Waals surface area contributed by atoms with Crippen LogP contribution in [-0.2, 0) is 12.8 Å². The Balaban J connectivity index is 2.27. The molecular formula is C14H18N2O2. The van der Waals surface area contributed by atoms with E-state index in [9.17, 15) is 0 Å². The van der Waals surface area contributed by atoms with Gasteiger partial charge in [-0.25, -0.2) is 0 Å². The Hall–Kier alpha value is -1.97. The number of nitrogen functional groups attached to an aromatic ring is 1. The average molecular weight is 246 g/mol. The maximum atomic E-state index is 5.54. The van der Waals surface area contributed by atoms with Crippen LogP contribution in [-0.4, -0.2) is 12.1 Å². The van der Waals surface area contributed by atoms with Crippen LogP contribution in [0.15, 0.2) is 22.6 Å². The van der Waals surface area contributed by atoms with E-state index in [0.29, 0.717) is 6.42 Å². The molecule has 0 saturated heterocycles. The molecule has 0 fully saturated rings. The maximum absolute atomic E-state index is 5.54. The highest BCUT2D eigenvalue weighted by Crippen LogP contribution is 2.23. The van der Waals surface area contributed by atoms with E-state index in [1.165, 1.54) is 11.1 Å². The summed E-state index contributed by atoms with van der Waals surface area (Å²) >= 11 is 0. The normalized spacial score (nSPS) is 10.6. The fraction of sp³-hybridized carbons (Fsp3) is 0.357. The second-order valence-corrected chi connectivity index (χ2v) is 4.24. The molecular weight excluding hydrogens is 228 g/mol. The summed E-state index contributed by atoms with van der Waals surface area (Å²) in [5, 5.41) is 0. The standard InChI is InChI=1S/C14H18N2O2/c1-4-11-7-10(5-6-12(11)17-3)8-13-9(2)16-14(15)18-13/h5-7H,4,8H2,1-3H3,(H2,15,16). The lowest BCUT2D eigenvalue weighted by Crippen LogP contribution is -1.94. The molecule has 1 aromatic heterocycles. The Kier molecular flexibility index (Phi) is 3.55. The molecule has 18 heavy (non-hydrogen) atoms. The molecule has 4 nitrogen and oxygen atoms in total. The Morgan fingerprint density at radius 2 is 2.17 bits per heavy atom. The van der Waals surface area contributed by atoms with Crippen molar-refractivity contribution in [2.75, 3.05) is 12.8 Å². The first-order valence-electron chi connectivity index (χ1n) is 6.01. The zero-order valence-corrected chi connectivity index (χ0v) is 11.0. The number of hydrogen-bond donors (Lipinski definition) is 1. The molecule has 0 aliphatic heterocycles. The maximum Gasteiger partial charge on any atom is 0.292 e. The highest BCUT2D eigenvalue weighted by Gasteiger charge is 2.09. The van der Waals surface area contributed by atoms with E-state index in [0.717, 1.165) is 23.6 Å². The molecule has 0 bridgehead atoms. The minimum atomic E-state index is 0.228. The van der Waals surface area contributed by atoms with Crippen LogP contribution in [0.25, 0.3) is 0 Å². The topological polar surface area (TPSA) is 61.3 Å². The van der Waals surface area contributed by atoms with Crippen molar-refractivity contribution in [3.63, 3.8) is 0 Å². The Morgan fingerprint density at radius 3 is 2.72 bits per heavy atom. The Labute approximate surface area is 107 Å². The number of anilines is 1. The Bertz CT molecular complexity index is 547. The molecule has 1 heterocycles. The minimum absolute atomic E-state index is 0.228. The molecule has 96 valence electrons. The van der Waals surface area contributed by atoms with Crippen molar-refractivity contribution in [1.29, 1.82) is 0 Å². The number of nitrogens with zero attached hydrogens (tertiary/aromatic N) is 1. The first-order chi connectivity index (χ1) is 8.63. The highest BCUT2D eigenvalue weighted by atomic mass is 16.5. The fourth-order valence-corrected chi connectivity index (χ4v) is 2.02. The number of methoxy groups -OCH3 is 1. The predicted octanol–water partition coefficient (Wildman–Crippen LogP) is 2.73. The van der Waals surface area contributed by atoms with Crippen molar-refractivity contribution in [2.45, 2.75) is 26.7 Å². The van der Waals surface area contributed by atoms with Crippen molar-refractivity contribution in [1.82, 2.24) is 4.98 Å². The van der Waals surface area contributed by atoms with Gasteiger partial charge in [0.25, 0.3) is 6.01 Å². The van der Waals surface area contributed by atoms with Gasteiger partial charge in [-0.1, -0.05) is 19.1 Å². The molecule has 2 aromatic rings. The lowest BCUT2D eigenvalue weighted by atomic mass is 10.0. The third-order valence-corrected chi connectivity index (χ3v) is 3.00. The summed E-state index contributed by atoms with van der Waals surface area (Å²) in [5.74, 6) is 1.75. The van der Waals surface area contributed by atoms with E-state index in [2.05, 4.69) is 18.0 Å². The average Bonchev–Trinajstić information content (AvgIpc) is 2.67. The molecule has 0 spiro atoms. The van der Waals surface area contributed by atoms with Crippen LogP contribution in [0.5, 0.6) is 5.75 Å². The third kappa shape index (κ3) is 2.47. The van der Waals surface area contributed by atoms with Gasteiger partial charge in [0.15, 0.2) is 0 Å². The van der Waals surface area contributed by atoms with Crippen molar-refractivity contribution in [2.24, 2.45) is 0 Å². The van der Waals surface area contributed by atoms with Gasteiger partial charge in [-0.2, -0.15) is 4.98 Å². The monoisotopic (exact) mass is 246 g/mol. The molecule has 2 rings (SSSR count). The molecule has 0 saturated carbocycles. The van der Waals surface area contributed by atoms with Gasteiger partial charge in [0.05, 0.1) is 12.8 Å². The molecule has 1 aromatic carbocycles. The van der Waals surface area contributed by atoms with Crippen LogP contribution >= 0.6 is 0 Å². The van der Waals surface area contributed by atoms with Crippen LogP contribution in [0.4, 0.5) is 6.01 Å². The molecule has 0 aliphatic rings. The van der Waals surface area contributed by atoms with E-state index in [4.69, 9.17) is 14.9 Å². The summed E-state index contributed by atoms with van der Waals surface area (Å²) in [6, 6.07) is 6.39. The number of hydrogen-bond acceptors (Lipinski definition) is 4. The predicted molar refractivity (Wildman–Crippen MR) is 70.8 cm³/mol. The van der Waals surface area contributed by atoms with Gasteiger partial charge in [-0.3, -0.25) is 0 Å². The summed E-state index contributed by atoms with van der Waals surface area (Å²) in [6.07, 6.45) is 1.64. The van der Waals surface area contributed by atoms with Crippen LogP contribution in [0.2, 0.25) is 0 Å². The summed E-state index contributed by atoms with van der Waals surface area (Å²) in [5.41, 5.74) is 8.75. The first-order valence-corrected chi connectivity index (χ1v) is 6.01. The summed E-state index contributed by atoms with van der Waals surface area (Å²) in [7, 11) is 1.69. The van der Waals surface area contributed by atoms with Gasteiger partial charge < -0.3 is 14.9 Å². The molecule has 0 atom stereocenters. The number of ether oxygens (including phenoxy) is 1. The number of rotatable bonds is 4. The van der Waals surface area contributed by atoms with Crippen LogP contribution in [0.3, 0.4) is 0 Å². The van der Waals surface area contributed by atoms with Crippen molar-refractivity contribution in [3.05, 3.63) is 40.8 Å². The lowest BCUT2D eigenvalue weighted by molar-refractivity contribution is 0.410. The highest BCUT2D eigenvalue weighted by molar-refractivity contribution is 5.39. The number of aromatic nitrogens is 1. The summed E-state index contributed by atoms with van der Waals surface area (Å²) < 4.78 is 10.7. The largest absolute Gasteiger partial charge is 0.496 e. The van der Waals surface area contributed by atoms with Crippen LogP contribution < -0.4 is 10.5 Å². The smallest absolute Gasteiger partial charge is 0.292 e. The van der Waals surface area contributed by atoms with Gasteiger partial charge in [0, 0.05) is 6.42 Å². The second-order valence-electron chi connectivity index (χ2n) is 4.24. The quantitative estimate of drug-likeness (QED) is 0.901. The molecule has 0 unspecified atom stereocenters. The SMILES string of the molecule is CCc1cc(Cc2oc(N)nc2C)ccc1OC. The number of nitrogens with two attached hydrogens (primary N) is 1. The number of oxazole rings is 1. The van der Waals surface area contributed by atoms with Gasteiger partial charge in [-0.05, 0) is 30.5 Å². The zero-order valence-electron chi connectivity index (χ0n) is 11.0. The first kappa shape index (κ1) is 12.5. The summed E-state index contributed by atoms with van der Waals surface area (Å²) in [6.45, 7) is 4.01. The molecule has 0 amide bonds. The molecule has 2 N–H and O–H groups in total. The van der Waals surface area contributed by atoms with Crippen molar-refractivity contribution in [3.8, 4) is 5.75 Å². The molecule has 0 radical (unpaired) electrons. The van der Waals surface area contributed by atoms with E-state index in [1.807, 2.05) is 19.1 Å². The second kappa shape index (κ2) is 5.12. The molecule has 4 heteroatoms. The van der Waals surface area contributed by atoms with Gasteiger partial charge in [0.2, 0.25) is 0 Å².